The average Bonchev–Trinajstić information content (AvgIpc) is 2.66. The maximum atomic E-state index is 11.8. The van der Waals surface area contributed by atoms with Crippen molar-refractivity contribution < 1.29 is 9.53 Å². The summed E-state index contributed by atoms with van der Waals surface area (Å²) in [5.74, 6) is -0.0511. The van der Waals surface area contributed by atoms with Crippen LogP contribution in [0.2, 0.25) is 0 Å². The lowest BCUT2D eigenvalue weighted by atomic mass is 10.1. The summed E-state index contributed by atoms with van der Waals surface area (Å²) in [6, 6.07) is 10.2. The highest BCUT2D eigenvalue weighted by atomic mass is 16.5. The predicted octanol–water partition coefficient (Wildman–Crippen LogP) is 5.22. The van der Waals surface area contributed by atoms with Gasteiger partial charge < -0.3 is 10.1 Å². The summed E-state index contributed by atoms with van der Waals surface area (Å²) in [5.41, 5.74) is 1.23. The second kappa shape index (κ2) is 15.4. The second-order valence-electron chi connectivity index (χ2n) is 6.61. The van der Waals surface area contributed by atoms with Crippen LogP contribution in [0.4, 0.5) is 0 Å². The molecule has 0 unspecified atom stereocenters. The molecule has 0 heterocycles. The highest BCUT2D eigenvalue weighted by molar-refractivity contribution is 5.87. The fraction of sp³-hybridized carbons (Fsp3) is 0.522. The topological polar surface area (TPSA) is 38.3 Å². The largest absolute Gasteiger partial charge is 0.381 e. The first-order chi connectivity index (χ1) is 12.8. The number of unbranched alkanes of at least 4 members (excludes halogenated alkanes) is 4. The summed E-state index contributed by atoms with van der Waals surface area (Å²) in [7, 11) is 1.78. The van der Waals surface area contributed by atoms with Gasteiger partial charge in [0.25, 0.3) is 0 Å². The Morgan fingerprint density at radius 1 is 1.12 bits per heavy atom. The van der Waals surface area contributed by atoms with Crippen molar-refractivity contribution in [3.05, 3.63) is 60.2 Å². The van der Waals surface area contributed by atoms with Crippen molar-refractivity contribution in [1.29, 1.82) is 0 Å². The smallest absolute Gasteiger partial charge is 0.243 e. The van der Waals surface area contributed by atoms with Crippen LogP contribution in [0, 0.1) is 0 Å². The van der Waals surface area contributed by atoms with Crippen molar-refractivity contribution in [1.82, 2.24) is 5.32 Å². The zero-order valence-electron chi connectivity index (χ0n) is 16.5. The number of hydrogen-bond acceptors (Lipinski definition) is 2. The first-order valence-electron chi connectivity index (χ1n) is 9.94. The van der Waals surface area contributed by atoms with Gasteiger partial charge in [-0.25, -0.2) is 0 Å². The molecule has 1 N–H and O–H groups in total. The van der Waals surface area contributed by atoms with Crippen LogP contribution in [-0.4, -0.2) is 25.7 Å². The number of allylic oxidation sites excluding steroid dienone is 2. The minimum absolute atomic E-state index is 0.0511. The third-order valence-electron chi connectivity index (χ3n) is 4.41. The average molecular weight is 358 g/mol. The molecule has 1 amide bonds. The molecule has 1 aromatic rings. The lowest BCUT2D eigenvalue weighted by Crippen LogP contribution is -2.23. The van der Waals surface area contributed by atoms with Crippen LogP contribution < -0.4 is 5.32 Å². The maximum Gasteiger partial charge on any atom is 0.243 e. The van der Waals surface area contributed by atoms with E-state index in [1.54, 1.807) is 19.3 Å². The SMILES string of the molecule is CCCCCCC[C@@H](C/C=C/C=C/C(=O)NCCc1ccccc1)OC. The van der Waals surface area contributed by atoms with E-state index in [2.05, 4.69) is 30.4 Å². The number of amides is 1. The van der Waals surface area contributed by atoms with Gasteiger partial charge in [-0.05, 0) is 24.8 Å². The highest BCUT2D eigenvalue weighted by Gasteiger charge is 2.04. The fourth-order valence-electron chi connectivity index (χ4n) is 2.79. The van der Waals surface area contributed by atoms with Crippen LogP contribution >= 0.6 is 0 Å². The zero-order valence-corrected chi connectivity index (χ0v) is 16.5. The van der Waals surface area contributed by atoms with Gasteiger partial charge >= 0.3 is 0 Å². The summed E-state index contributed by atoms with van der Waals surface area (Å²) in [4.78, 5) is 11.8. The minimum Gasteiger partial charge on any atom is -0.381 e. The number of carbonyl (C=O) groups excluding carboxylic acids is 1. The van der Waals surface area contributed by atoms with E-state index in [0.717, 1.165) is 19.3 Å². The van der Waals surface area contributed by atoms with Crippen LogP contribution in [0.25, 0.3) is 0 Å². The molecule has 1 atom stereocenters. The molecular weight excluding hydrogens is 322 g/mol. The van der Waals surface area contributed by atoms with E-state index in [9.17, 15) is 4.79 Å². The molecule has 0 spiro atoms. The van der Waals surface area contributed by atoms with Crippen LogP contribution in [0.3, 0.4) is 0 Å². The maximum absolute atomic E-state index is 11.8. The van der Waals surface area contributed by atoms with Crippen LogP contribution in [0.1, 0.15) is 57.4 Å². The van der Waals surface area contributed by atoms with Crippen molar-refractivity contribution >= 4 is 5.91 Å². The van der Waals surface area contributed by atoms with E-state index in [4.69, 9.17) is 4.74 Å². The van der Waals surface area contributed by atoms with Crippen molar-refractivity contribution in [3.63, 3.8) is 0 Å². The van der Waals surface area contributed by atoms with Gasteiger partial charge in [0, 0.05) is 19.7 Å². The third-order valence-corrected chi connectivity index (χ3v) is 4.41. The Morgan fingerprint density at radius 2 is 1.88 bits per heavy atom. The van der Waals surface area contributed by atoms with E-state index < -0.39 is 0 Å². The van der Waals surface area contributed by atoms with Gasteiger partial charge in [0.15, 0.2) is 0 Å². The summed E-state index contributed by atoms with van der Waals surface area (Å²) in [6.07, 6.45) is 17.0. The Bertz CT molecular complexity index is 522. The summed E-state index contributed by atoms with van der Waals surface area (Å²) >= 11 is 0. The Hall–Kier alpha value is -1.87. The minimum atomic E-state index is -0.0511. The first-order valence-corrected chi connectivity index (χ1v) is 9.94. The summed E-state index contributed by atoms with van der Waals surface area (Å²) in [6.45, 7) is 2.89. The van der Waals surface area contributed by atoms with Crippen molar-refractivity contribution in [2.45, 2.75) is 64.4 Å². The van der Waals surface area contributed by atoms with E-state index >= 15 is 0 Å². The standard InChI is InChI=1S/C23H35NO2/c1-3-4-5-6-11-16-22(26-2)17-12-8-13-18-23(25)24-20-19-21-14-9-7-10-15-21/h7-10,12-15,18,22H,3-6,11,16-17,19-20H2,1-2H3,(H,24,25)/b12-8+,18-13+/t22-/m0/s1. The number of hydrogen-bond donors (Lipinski definition) is 1. The van der Waals surface area contributed by atoms with E-state index in [0.29, 0.717) is 6.54 Å². The van der Waals surface area contributed by atoms with Crippen LogP contribution in [0.15, 0.2) is 54.6 Å². The lowest BCUT2D eigenvalue weighted by Gasteiger charge is -2.12. The molecule has 0 aliphatic carbocycles. The van der Waals surface area contributed by atoms with Gasteiger partial charge in [0.2, 0.25) is 5.91 Å². The van der Waals surface area contributed by atoms with Crippen molar-refractivity contribution in [2.24, 2.45) is 0 Å². The number of methoxy groups -OCH3 is 1. The molecule has 1 rings (SSSR count). The third kappa shape index (κ3) is 11.6. The molecule has 3 nitrogen and oxygen atoms in total. The molecular formula is C23H35NO2. The molecule has 1 aromatic carbocycles. The molecule has 0 radical (unpaired) electrons. The fourth-order valence-corrected chi connectivity index (χ4v) is 2.79. The van der Waals surface area contributed by atoms with Gasteiger partial charge in [-0.3, -0.25) is 4.79 Å². The number of ether oxygens (including phenoxy) is 1. The van der Waals surface area contributed by atoms with Crippen LogP contribution in [0.5, 0.6) is 0 Å². The molecule has 144 valence electrons. The Labute approximate surface area is 159 Å². The normalized spacial score (nSPS) is 12.7. The Balaban J connectivity index is 2.13. The second-order valence-corrected chi connectivity index (χ2v) is 6.61. The predicted molar refractivity (Wildman–Crippen MR) is 110 cm³/mol. The van der Waals surface area contributed by atoms with Gasteiger partial charge in [-0.2, -0.15) is 0 Å². The molecule has 0 aliphatic rings. The summed E-state index contributed by atoms with van der Waals surface area (Å²) < 4.78 is 5.53. The first kappa shape index (κ1) is 22.2. The van der Waals surface area contributed by atoms with Gasteiger partial charge in [0.05, 0.1) is 6.10 Å². The molecule has 0 saturated carbocycles. The molecule has 26 heavy (non-hydrogen) atoms. The van der Waals surface area contributed by atoms with E-state index in [1.165, 1.54) is 37.7 Å². The molecule has 0 saturated heterocycles. The van der Waals surface area contributed by atoms with Crippen LogP contribution in [-0.2, 0) is 16.0 Å². The number of rotatable bonds is 14. The quantitative estimate of drug-likeness (QED) is 0.281. The molecule has 3 heteroatoms. The monoisotopic (exact) mass is 357 g/mol. The molecule has 0 fully saturated rings. The number of nitrogens with one attached hydrogen (secondary N) is 1. The van der Waals surface area contributed by atoms with E-state index in [-0.39, 0.29) is 12.0 Å². The van der Waals surface area contributed by atoms with Gasteiger partial charge in [-0.15, -0.1) is 0 Å². The zero-order chi connectivity index (χ0) is 18.9. The van der Waals surface area contributed by atoms with Crippen molar-refractivity contribution in [3.8, 4) is 0 Å². The van der Waals surface area contributed by atoms with Gasteiger partial charge in [-0.1, -0.05) is 87.6 Å². The Kier molecular flexibility index (Phi) is 13.1. The van der Waals surface area contributed by atoms with Crippen molar-refractivity contribution in [2.75, 3.05) is 13.7 Å². The lowest BCUT2D eigenvalue weighted by molar-refractivity contribution is -0.116. The highest BCUT2D eigenvalue weighted by Crippen LogP contribution is 2.12. The van der Waals surface area contributed by atoms with E-state index in [1.807, 2.05) is 24.3 Å². The number of carbonyl (C=O) groups is 1. The number of benzene rings is 1. The Morgan fingerprint density at radius 3 is 2.62 bits per heavy atom. The van der Waals surface area contributed by atoms with Gasteiger partial charge in [0.1, 0.15) is 0 Å². The molecule has 0 aromatic heterocycles. The molecule has 0 aliphatic heterocycles. The molecule has 0 bridgehead atoms. The summed E-state index contributed by atoms with van der Waals surface area (Å²) in [5, 5.41) is 2.90.